The van der Waals surface area contributed by atoms with E-state index in [0.717, 1.165) is 18.9 Å². The van der Waals surface area contributed by atoms with Crippen LogP contribution in [-0.2, 0) is 4.74 Å². The Morgan fingerprint density at radius 3 is 2.48 bits per heavy atom. The number of carbonyl (C=O) groups excluding carboxylic acids is 1. The molecule has 0 aromatic rings. The summed E-state index contributed by atoms with van der Waals surface area (Å²) in [5, 5.41) is 6.64. The van der Waals surface area contributed by atoms with Gasteiger partial charge in [-0.3, -0.25) is 4.99 Å². The summed E-state index contributed by atoms with van der Waals surface area (Å²) in [7, 11) is 0. The van der Waals surface area contributed by atoms with E-state index in [1.165, 1.54) is 12.8 Å². The first kappa shape index (κ1) is 19.6. The van der Waals surface area contributed by atoms with Crippen LogP contribution >= 0.6 is 0 Å². The van der Waals surface area contributed by atoms with Gasteiger partial charge >= 0.3 is 6.09 Å². The molecule has 0 bridgehead atoms. The molecule has 0 aromatic heterocycles. The number of nitrogens with zero attached hydrogens (tertiary/aromatic N) is 2. The number of amides is 1. The Labute approximate surface area is 141 Å². The number of guanidine groups is 1. The third-order valence-electron chi connectivity index (χ3n) is 3.34. The van der Waals surface area contributed by atoms with Crippen molar-refractivity contribution in [1.29, 1.82) is 0 Å². The molecule has 134 valence electrons. The van der Waals surface area contributed by atoms with Crippen molar-refractivity contribution in [3.05, 3.63) is 0 Å². The highest BCUT2D eigenvalue weighted by atomic mass is 16.6. The normalized spacial score (nSPS) is 15.5. The van der Waals surface area contributed by atoms with E-state index >= 15 is 0 Å². The van der Waals surface area contributed by atoms with Crippen molar-refractivity contribution in [1.82, 2.24) is 15.5 Å². The summed E-state index contributed by atoms with van der Waals surface area (Å²) in [6.07, 6.45) is 3.02. The maximum atomic E-state index is 12.2. The van der Waals surface area contributed by atoms with E-state index in [2.05, 4.69) is 22.5 Å². The van der Waals surface area contributed by atoms with E-state index in [0.29, 0.717) is 19.1 Å². The standard InChI is InChI=1S/C17H34N4O2/c1-7-18-15(20-14-9-10-14)19-11-8-12-21(13(2)3)16(22)23-17(4,5)6/h13-14H,7-12H2,1-6H3,(H2,18,19,20). The summed E-state index contributed by atoms with van der Waals surface area (Å²) >= 11 is 0. The average molecular weight is 326 g/mol. The predicted molar refractivity (Wildman–Crippen MR) is 94.8 cm³/mol. The van der Waals surface area contributed by atoms with Crippen LogP contribution in [0.15, 0.2) is 4.99 Å². The smallest absolute Gasteiger partial charge is 0.410 e. The average Bonchev–Trinajstić information content (AvgIpc) is 3.19. The molecule has 0 aliphatic heterocycles. The van der Waals surface area contributed by atoms with Gasteiger partial charge < -0.3 is 20.3 Å². The molecule has 6 nitrogen and oxygen atoms in total. The van der Waals surface area contributed by atoms with Gasteiger partial charge in [-0.05, 0) is 60.8 Å². The van der Waals surface area contributed by atoms with Crippen LogP contribution in [0, 0.1) is 0 Å². The van der Waals surface area contributed by atoms with Gasteiger partial charge in [0, 0.05) is 31.7 Å². The summed E-state index contributed by atoms with van der Waals surface area (Å²) in [4.78, 5) is 18.6. The van der Waals surface area contributed by atoms with Gasteiger partial charge in [-0.1, -0.05) is 0 Å². The molecule has 1 saturated carbocycles. The van der Waals surface area contributed by atoms with Crippen molar-refractivity contribution in [2.75, 3.05) is 19.6 Å². The summed E-state index contributed by atoms with van der Waals surface area (Å²) in [5.74, 6) is 0.878. The summed E-state index contributed by atoms with van der Waals surface area (Å²) < 4.78 is 5.47. The highest BCUT2D eigenvalue weighted by molar-refractivity contribution is 5.80. The molecule has 0 aromatic carbocycles. The van der Waals surface area contributed by atoms with Gasteiger partial charge in [0.1, 0.15) is 5.60 Å². The Morgan fingerprint density at radius 2 is 2.00 bits per heavy atom. The Balaban J connectivity index is 2.43. The molecular formula is C17H34N4O2. The third kappa shape index (κ3) is 8.67. The molecule has 6 heteroatoms. The molecule has 0 heterocycles. The second-order valence-corrected chi connectivity index (χ2v) is 7.30. The van der Waals surface area contributed by atoms with Crippen LogP contribution < -0.4 is 10.6 Å². The van der Waals surface area contributed by atoms with E-state index in [1.807, 2.05) is 34.6 Å². The molecule has 1 rings (SSSR count). The van der Waals surface area contributed by atoms with Crippen LogP contribution in [0.3, 0.4) is 0 Å². The Morgan fingerprint density at radius 1 is 1.35 bits per heavy atom. The quantitative estimate of drug-likeness (QED) is 0.429. The van der Waals surface area contributed by atoms with Crippen LogP contribution in [0.4, 0.5) is 4.79 Å². The van der Waals surface area contributed by atoms with Crippen molar-refractivity contribution >= 4 is 12.1 Å². The van der Waals surface area contributed by atoms with Gasteiger partial charge in [0.05, 0.1) is 0 Å². The summed E-state index contributed by atoms with van der Waals surface area (Å²) in [6, 6.07) is 0.702. The highest BCUT2D eigenvalue weighted by Gasteiger charge is 2.24. The lowest BCUT2D eigenvalue weighted by Gasteiger charge is -2.30. The summed E-state index contributed by atoms with van der Waals surface area (Å²) in [6.45, 7) is 13.9. The van der Waals surface area contributed by atoms with Crippen molar-refractivity contribution in [3.8, 4) is 0 Å². The minimum atomic E-state index is -0.464. The number of nitrogens with one attached hydrogen (secondary N) is 2. The maximum Gasteiger partial charge on any atom is 0.410 e. The first-order valence-electron chi connectivity index (χ1n) is 8.77. The van der Waals surface area contributed by atoms with Crippen LogP contribution in [0.1, 0.15) is 60.8 Å². The lowest BCUT2D eigenvalue weighted by Crippen LogP contribution is -2.42. The van der Waals surface area contributed by atoms with Crippen molar-refractivity contribution in [2.45, 2.75) is 78.5 Å². The Hall–Kier alpha value is -1.46. The lowest BCUT2D eigenvalue weighted by atomic mass is 10.2. The topological polar surface area (TPSA) is 66.0 Å². The number of carbonyl (C=O) groups is 1. The Kier molecular flexibility index (Phi) is 7.65. The molecule has 0 atom stereocenters. The molecular weight excluding hydrogens is 292 g/mol. The van der Waals surface area contributed by atoms with E-state index in [9.17, 15) is 4.79 Å². The lowest BCUT2D eigenvalue weighted by molar-refractivity contribution is 0.0190. The predicted octanol–water partition coefficient (Wildman–Crippen LogP) is 2.74. The number of hydrogen-bond donors (Lipinski definition) is 2. The largest absolute Gasteiger partial charge is 0.444 e. The fourth-order valence-corrected chi connectivity index (χ4v) is 2.05. The van der Waals surface area contributed by atoms with Crippen LogP contribution in [-0.4, -0.2) is 54.3 Å². The van der Waals surface area contributed by atoms with E-state index in [4.69, 9.17) is 4.74 Å². The van der Waals surface area contributed by atoms with Crippen LogP contribution in [0.25, 0.3) is 0 Å². The molecule has 1 aliphatic carbocycles. The Bertz CT molecular complexity index is 398. The van der Waals surface area contributed by atoms with E-state index < -0.39 is 5.60 Å². The molecule has 1 amide bonds. The minimum absolute atomic E-state index is 0.117. The van der Waals surface area contributed by atoms with Gasteiger partial charge in [0.2, 0.25) is 0 Å². The van der Waals surface area contributed by atoms with Gasteiger partial charge in [-0.15, -0.1) is 0 Å². The summed E-state index contributed by atoms with van der Waals surface area (Å²) in [5.41, 5.74) is -0.464. The molecule has 0 unspecified atom stereocenters. The van der Waals surface area contributed by atoms with Gasteiger partial charge in [0.25, 0.3) is 0 Å². The van der Waals surface area contributed by atoms with E-state index in [-0.39, 0.29) is 12.1 Å². The first-order valence-corrected chi connectivity index (χ1v) is 8.77. The fraction of sp³-hybridized carbons (Fsp3) is 0.882. The monoisotopic (exact) mass is 326 g/mol. The highest BCUT2D eigenvalue weighted by Crippen LogP contribution is 2.18. The van der Waals surface area contributed by atoms with Crippen molar-refractivity contribution < 1.29 is 9.53 Å². The molecule has 0 spiro atoms. The van der Waals surface area contributed by atoms with Gasteiger partial charge in [0.15, 0.2) is 5.96 Å². The second-order valence-electron chi connectivity index (χ2n) is 7.30. The zero-order valence-electron chi connectivity index (χ0n) is 15.6. The third-order valence-corrected chi connectivity index (χ3v) is 3.34. The van der Waals surface area contributed by atoms with Crippen LogP contribution in [0.2, 0.25) is 0 Å². The van der Waals surface area contributed by atoms with Gasteiger partial charge in [-0.2, -0.15) is 0 Å². The number of rotatable bonds is 7. The molecule has 2 N–H and O–H groups in total. The molecule has 0 saturated heterocycles. The fourth-order valence-electron chi connectivity index (χ4n) is 2.05. The van der Waals surface area contributed by atoms with Crippen molar-refractivity contribution in [2.24, 2.45) is 4.99 Å². The van der Waals surface area contributed by atoms with Crippen LogP contribution in [0.5, 0.6) is 0 Å². The SMILES string of the molecule is CCNC(=NCCCN(C(=O)OC(C)(C)C)C(C)C)NC1CC1. The first-order chi connectivity index (χ1) is 10.7. The number of aliphatic imine (C=N–C) groups is 1. The molecule has 1 aliphatic rings. The van der Waals surface area contributed by atoms with Crippen molar-refractivity contribution in [3.63, 3.8) is 0 Å². The van der Waals surface area contributed by atoms with Gasteiger partial charge in [-0.25, -0.2) is 4.79 Å². The second kappa shape index (κ2) is 8.99. The molecule has 0 radical (unpaired) electrons. The minimum Gasteiger partial charge on any atom is -0.444 e. The number of hydrogen-bond acceptors (Lipinski definition) is 3. The molecule has 23 heavy (non-hydrogen) atoms. The molecule has 1 fully saturated rings. The zero-order valence-corrected chi connectivity index (χ0v) is 15.6. The number of ether oxygens (including phenoxy) is 1. The maximum absolute atomic E-state index is 12.2. The van der Waals surface area contributed by atoms with E-state index in [1.54, 1.807) is 4.90 Å². The zero-order chi connectivity index (χ0) is 17.5.